The highest BCUT2D eigenvalue weighted by molar-refractivity contribution is 5.64. The van der Waals surface area contributed by atoms with Crippen molar-refractivity contribution >= 4 is 5.69 Å². The molecule has 6 nitrogen and oxygen atoms in total. The molecule has 0 aliphatic heterocycles. The molecule has 0 aliphatic carbocycles. The molecule has 2 rings (SSSR count). The number of ether oxygens (including phenoxy) is 1. The van der Waals surface area contributed by atoms with E-state index in [1.165, 1.54) is 0 Å². The van der Waals surface area contributed by atoms with E-state index in [9.17, 15) is 0 Å². The molecule has 1 aromatic carbocycles. The molecular weight excluding hydrogens is 242 g/mol. The quantitative estimate of drug-likeness (QED) is 0.835. The van der Waals surface area contributed by atoms with E-state index < -0.39 is 0 Å². The van der Waals surface area contributed by atoms with Gasteiger partial charge in [-0.05, 0) is 35.9 Å². The fourth-order valence-electron chi connectivity index (χ4n) is 2.09. The second-order valence-corrected chi connectivity index (χ2v) is 4.58. The molecular formula is C13H19N5O. The number of benzene rings is 1. The highest BCUT2D eigenvalue weighted by Gasteiger charge is 2.15. The van der Waals surface area contributed by atoms with Crippen LogP contribution in [0.4, 0.5) is 5.69 Å². The third kappa shape index (κ3) is 2.83. The normalized spacial score (nSPS) is 12.4. The lowest BCUT2D eigenvalue weighted by Gasteiger charge is -2.13. The Balaban J connectivity index is 2.42. The Labute approximate surface area is 112 Å². The Bertz CT molecular complexity index is 552. The van der Waals surface area contributed by atoms with Crippen molar-refractivity contribution in [2.24, 2.45) is 0 Å². The molecule has 6 heteroatoms. The van der Waals surface area contributed by atoms with Crippen molar-refractivity contribution in [1.29, 1.82) is 0 Å². The molecule has 2 aromatic rings. The molecule has 1 atom stereocenters. The molecule has 2 N–H and O–H groups in total. The standard InChI is InChI=1S/C13H19N5O/c1-4-5-9(2)18-13(15-16-17-18)10-6-11(14)8-12(7-10)19-3/h6-9H,4-5,14H2,1-3H3. The molecule has 0 bridgehead atoms. The maximum atomic E-state index is 5.87. The van der Waals surface area contributed by atoms with Crippen LogP contribution >= 0.6 is 0 Å². The zero-order chi connectivity index (χ0) is 13.8. The number of hydrogen-bond donors (Lipinski definition) is 1. The summed E-state index contributed by atoms with van der Waals surface area (Å²) in [4.78, 5) is 0. The minimum atomic E-state index is 0.252. The third-order valence-electron chi connectivity index (χ3n) is 3.04. The molecule has 0 radical (unpaired) electrons. The summed E-state index contributed by atoms with van der Waals surface area (Å²) in [5.41, 5.74) is 7.37. The van der Waals surface area contributed by atoms with Crippen LogP contribution in [0.25, 0.3) is 11.4 Å². The van der Waals surface area contributed by atoms with Crippen LogP contribution in [0.5, 0.6) is 5.75 Å². The van der Waals surface area contributed by atoms with E-state index in [2.05, 4.69) is 29.4 Å². The molecule has 0 aliphatic rings. The first-order valence-corrected chi connectivity index (χ1v) is 6.38. The summed E-state index contributed by atoms with van der Waals surface area (Å²) in [5, 5.41) is 11.9. The molecule has 19 heavy (non-hydrogen) atoms. The highest BCUT2D eigenvalue weighted by Crippen LogP contribution is 2.27. The second kappa shape index (κ2) is 5.69. The smallest absolute Gasteiger partial charge is 0.182 e. The van der Waals surface area contributed by atoms with Crippen LogP contribution in [0.15, 0.2) is 18.2 Å². The van der Waals surface area contributed by atoms with Crippen LogP contribution < -0.4 is 10.5 Å². The van der Waals surface area contributed by atoms with E-state index in [0.717, 1.165) is 18.4 Å². The van der Waals surface area contributed by atoms with Crippen LogP contribution in [0, 0.1) is 0 Å². The van der Waals surface area contributed by atoms with Crippen molar-refractivity contribution in [3.63, 3.8) is 0 Å². The predicted molar refractivity (Wildman–Crippen MR) is 73.8 cm³/mol. The van der Waals surface area contributed by atoms with E-state index >= 15 is 0 Å². The monoisotopic (exact) mass is 261 g/mol. The minimum Gasteiger partial charge on any atom is -0.497 e. The SMILES string of the molecule is CCCC(C)n1nnnc1-c1cc(N)cc(OC)c1. The average Bonchev–Trinajstić information content (AvgIpc) is 2.87. The summed E-state index contributed by atoms with van der Waals surface area (Å²) < 4.78 is 7.05. The summed E-state index contributed by atoms with van der Waals surface area (Å²) in [6.45, 7) is 4.25. The van der Waals surface area contributed by atoms with Crippen molar-refractivity contribution < 1.29 is 4.74 Å². The van der Waals surface area contributed by atoms with Crippen LogP contribution in [0.2, 0.25) is 0 Å². The molecule has 0 amide bonds. The molecule has 0 spiro atoms. The summed E-state index contributed by atoms with van der Waals surface area (Å²) in [5.74, 6) is 1.42. The number of tetrazole rings is 1. The third-order valence-corrected chi connectivity index (χ3v) is 3.04. The van der Waals surface area contributed by atoms with Gasteiger partial charge in [0.1, 0.15) is 5.75 Å². The van der Waals surface area contributed by atoms with Gasteiger partial charge in [0.2, 0.25) is 0 Å². The van der Waals surface area contributed by atoms with Gasteiger partial charge in [0, 0.05) is 17.3 Å². The summed E-state index contributed by atoms with van der Waals surface area (Å²) >= 11 is 0. The summed E-state index contributed by atoms with van der Waals surface area (Å²) in [7, 11) is 1.61. The first-order valence-electron chi connectivity index (χ1n) is 6.38. The zero-order valence-corrected chi connectivity index (χ0v) is 11.5. The molecule has 0 saturated heterocycles. The van der Waals surface area contributed by atoms with Crippen molar-refractivity contribution in [3.05, 3.63) is 18.2 Å². The van der Waals surface area contributed by atoms with E-state index in [0.29, 0.717) is 17.3 Å². The Morgan fingerprint density at radius 2 is 2.16 bits per heavy atom. The first kappa shape index (κ1) is 13.3. The molecule has 0 fully saturated rings. The Morgan fingerprint density at radius 1 is 1.37 bits per heavy atom. The van der Waals surface area contributed by atoms with Gasteiger partial charge in [-0.1, -0.05) is 13.3 Å². The number of hydrogen-bond acceptors (Lipinski definition) is 5. The van der Waals surface area contributed by atoms with Crippen LogP contribution in [0.1, 0.15) is 32.7 Å². The molecule has 0 saturated carbocycles. The summed E-state index contributed by atoms with van der Waals surface area (Å²) in [6.07, 6.45) is 2.11. The average molecular weight is 261 g/mol. The van der Waals surface area contributed by atoms with Gasteiger partial charge in [-0.15, -0.1) is 5.10 Å². The number of nitrogens with zero attached hydrogens (tertiary/aromatic N) is 4. The number of methoxy groups -OCH3 is 1. The van der Waals surface area contributed by atoms with Gasteiger partial charge in [-0.3, -0.25) is 0 Å². The Hall–Kier alpha value is -2.11. The van der Waals surface area contributed by atoms with Gasteiger partial charge in [-0.2, -0.15) is 0 Å². The topological polar surface area (TPSA) is 78.9 Å². The number of aromatic nitrogens is 4. The molecule has 1 heterocycles. The van der Waals surface area contributed by atoms with Gasteiger partial charge >= 0.3 is 0 Å². The highest BCUT2D eigenvalue weighted by atomic mass is 16.5. The second-order valence-electron chi connectivity index (χ2n) is 4.58. The van der Waals surface area contributed by atoms with Crippen molar-refractivity contribution in [1.82, 2.24) is 20.2 Å². The maximum Gasteiger partial charge on any atom is 0.182 e. The Morgan fingerprint density at radius 3 is 2.84 bits per heavy atom. The fourth-order valence-corrected chi connectivity index (χ4v) is 2.09. The van der Waals surface area contributed by atoms with E-state index in [-0.39, 0.29) is 6.04 Å². The first-order chi connectivity index (χ1) is 9.15. The van der Waals surface area contributed by atoms with E-state index in [1.54, 1.807) is 13.2 Å². The van der Waals surface area contributed by atoms with Gasteiger partial charge < -0.3 is 10.5 Å². The van der Waals surface area contributed by atoms with Gasteiger partial charge in [0.25, 0.3) is 0 Å². The lowest BCUT2D eigenvalue weighted by molar-refractivity contribution is 0.415. The lowest BCUT2D eigenvalue weighted by Crippen LogP contribution is -2.09. The van der Waals surface area contributed by atoms with Crippen molar-refractivity contribution in [2.75, 3.05) is 12.8 Å². The van der Waals surface area contributed by atoms with Crippen LogP contribution in [-0.4, -0.2) is 27.3 Å². The van der Waals surface area contributed by atoms with E-state index in [1.807, 2.05) is 16.8 Å². The molecule has 1 aromatic heterocycles. The number of nitrogens with two attached hydrogens (primary N) is 1. The maximum absolute atomic E-state index is 5.87. The van der Waals surface area contributed by atoms with Crippen LogP contribution in [-0.2, 0) is 0 Å². The van der Waals surface area contributed by atoms with Crippen LogP contribution in [0.3, 0.4) is 0 Å². The fraction of sp³-hybridized carbons (Fsp3) is 0.462. The molecule has 1 unspecified atom stereocenters. The predicted octanol–water partition coefficient (Wildman–Crippen LogP) is 2.29. The van der Waals surface area contributed by atoms with Gasteiger partial charge in [-0.25, -0.2) is 4.68 Å². The number of anilines is 1. The molecule has 102 valence electrons. The summed E-state index contributed by atoms with van der Waals surface area (Å²) in [6, 6.07) is 5.76. The number of rotatable bonds is 5. The van der Waals surface area contributed by atoms with Crippen molar-refractivity contribution in [2.45, 2.75) is 32.7 Å². The zero-order valence-electron chi connectivity index (χ0n) is 11.5. The largest absolute Gasteiger partial charge is 0.497 e. The minimum absolute atomic E-state index is 0.252. The van der Waals surface area contributed by atoms with Gasteiger partial charge in [0.05, 0.1) is 13.2 Å². The van der Waals surface area contributed by atoms with Crippen molar-refractivity contribution in [3.8, 4) is 17.1 Å². The Kier molecular flexibility index (Phi) is 3.99. The lowest BCUT2D eigenvalue weighted by atomic mass is 10.1. The number of nitrogen functional groups attached to an aromatic ring is 1. The van der Waals surface area contributed by atoms with Gasteiger partial charge in [0.15, 0.2) is 5.82 Å². The van der Waals surface area contributed by atoms with E-state index in [4.69, 9.17) is 10.5 Å².